The summed E-state index contributed by atoms with van der Waals surface area (Å²) in [6.45, 7) is 0. The van der Waals surface area contributed by atoms with Crippen LogP contribution in [0.15, 0.2) is 24.3 Å². The molecule has 1 aromatic carbocycles. The average molecular weight is 499 g/mol. The van der Waals surface area contributed by atoms with E-state index >= 15 is 0 Å². The van der Waals surface area contributed by atoms with Crippen molar-refractivity contribution in [2.24, 2.45) is 0 Å². The number of halogens is 3. The van der Waals surface area contributed by atoms with Crippen molar-refractivity contribution in [3.63, 3.8) is 0 Å². The number of thiophene rings is 1. The van der Waals surface area contributed by atoms with Crippen molar-refractivity contribution in [2.45, 2.75) is 25.3 Å². The second-order valence-electron chi connectivity index (χ2n) is 4.64. The molecule has 1 nitrogen and oxygen atoms in total. The summed E-state index contributed by atoms with van der Waals surface area (Å²) in [7, 11) is 0. The molecule has 1 aromatic heterocycles. The largest absolute Gasteiger partial charge is 0.377 e. The van der Waals surface area contributed by atoms with Crippen molar-refractivity contribution in [1.82, 2.24) is 0 Å². The molecule has 0 amide bonds. The quantitative estimate of drug-likeness (QED) is 0.532. The zero-order chi connectivity index (χ0) is 13.4. The van der Waals surface area contributed by atoms with Crippen LogP contribution in [-0.4, -0.2) is 0 Å². The molecule has 0 radical (unpaired) electrons. The molecule has 3 rings (SSSR count). The molecule has 1 aliphatic rings. The Hall–Kier alpha value is 0.110. The number of fused-ring (bicyclic) bond motifs is 1. The van der Waals surface area contributed by atoms with Gasteiger partial charge in [-0.3, -0.25) is 0 Å². The lowest BCUT2D eigenvalue weighted by Gasteiger charge is -2.25. The molecule has 1 N–H and O–H groups in total. The summed E-state index contributed by atoms with van der Waals surface area (Å²) in [6, 6.07) is 7.58. The standard InChI is InChI=1S/C14H12FI2NS/c15-8-4-5-12(10(16)6-8)18-11-2-1-3-13-9(11)7-14(17)19-13/h4-7,11,18H,1-3H2. The first kappa shape index (κ1) is 14.1. The van der Waals surface area contributed by atoms with Crippen molar-refractivity contribution in [3.8, 4) is 0 Å². The van der Waals surface area contributed by atoms with Crippen molar-refractivity contribution in [3.05, 3.63) is 47.0 Å². The first-order valence-electron chi connectivity index (χ1n) is 6.13. The van der Waals surface area contributed by atoms with Gasteiger partial charge in [-0.15, -0.1) is 11.3 Å². The van der Waals surface area contributed by atoms with Crippen LogP contribution in [0.3, 0.4) is 0 Å². The molecule has 1 heterocycles. The third-order valence-corrected chi connectivity index (χ3v) is 6.21. The summed E-state index contributed by atoms with van der Waals surface area (Å²) in [5, 5.41) is 3.58. The molecule has 0 saturated heterocycles. The molecule has 1 aliphatic carbocycles. The maximum Gasteiger partial charge on any atom is 0.124 e. The second-order valence-corrected chi connectivity index (χ2v) is 8.84. The van der Waals surface area contributed by atoms with Crippen LogP contribution in [0, 0.1) is 12.3 Å². The molecular formula is C14H12FI2NS. The van der Waals surface area contributed by atoms with Crippen LogP contribution >= 0.6 is 56.5 Å². The molecule has 0 spiro atoms. The second kappa shape index (κ2) is 5.85. The summed E-state index contributed by atoms with van der Waals surface area (Å²) in [5.41, 5.74) is 2.46. The molecular weight excluding hydrogens is 487 g/mol. The number of aryl methyl sites for hydroxylation is 1. The molecule has 19 heavy (non-hydrogen) atoms. The van der Waals surface area contributed by atoms with Gasteiger partial charge in [0.05, 0.1) is 8.93 Å². The third-order valence-electron chi connectivity index (χ3n) is 3.34. The zero-order valence-corrected chi connectivity index (χ0v) is 15.2. The monoisotopic (exact) mass is 499 g/mol. The first-order valence-corrected chi connectivity index (χ1v) is 9.10. The zero-order valence-electron chi connectivity index (χ0n) is 10.1. The highest BCUT2D eigenvalue weighted by Gasteiger charge is 2.23. The van der Waals surface area contributed by atoms with Gasteiger partial charge >= 0.3 is 0 Å². The summed E-state index contributed by atoms with van der Waals surface area (Å²) in [5.74, 6) is -0.177. The van der Waals surface area contributed by atoms with Gasteiger partial charge in [0.25, 0.3) is 0 Å². The van der Waals surface area contributed by atoms with Gasteiger partial charge in [0.1, 0.15) is 5.82 Å². The Kier molecular flexibility index (Phi) is 4.33. The molecule has 1 unspecified atom stereocenters. The number of hydrogen-bond donors (Lipinski definition) is 1. The fourth-order valence-corrected chi connectivity index (χ4v) is 5.22. The molecule has 100 valence electrons. The fraction of sp³-hybridized carbons (Fsp3) is 0.286. The lowest BCUT2D eigenvalue weighted by atomic mass is 9.94. The molecule has 0 bridgehead atoms. The van der Waals surface area contributed by atoms with E-state index in [0.717, 1.165) is 15.7 Å². The van der Waals surface area contributed by atoms with E-state index in [1.165, 1.54) is 32.2 Å². The minimum Gasteiger partial charge on any atom is -0.377 e. The van der Waals surface area contributed by atoms with E-state index in [0.29, 0.717) is 6.04 Å². The van der Waals surface area contributed by atoms with Gasteiger partial charge in [0.2, 0.25) is 0 Å². The number of benzene rings is 1. The summed E-state index contributed by atoms with van der Waals surface area (Å²) < 4.78 is 15.4. The maximum atomic E-state index is 13.1. The first-order chi connectivity index (χ1) is 9.13. The topological polar surface area (TPSA) is 12.0 Å². The lowest BCUT2D eigenvalue weighted by Crippen LogP contribution is -2.16. The van der Waals surface area contributed by atoms with Crippen LogP contribution in [0.5, 0.6) is 0 Å². The third kappa shape index (κ3) is 3.07. The minimum absolute atomic E-state index is 0.177. The number of hydrogen-bond acceptors (Lipinski definition) is 2. The van der Waals surface area contributed by atoms with Crippen molar-refractivity contribution < 1.29 is 4.39 Å². The van der Waals surface area contributed by atoms with Gasteiger partial charge in [-0.2, -0.15) is 0 Å². The molecule has 2 aromatic rings. The van der Waals surface area contributed by atoms with Crippen LogP contribution in [0.2, 0.25) is 0 Å². The van der Waals surface area contributed by atoms with Crippen LogP contribution in [0.25, 0.3) is 0 Å². The van der Waals surface area contributed by atoms with Crippen LogP contribution in [0.4, 0.5) is 10.1 Å². The smallest absolute Gasteiger partial charge is 0.124 e. The van der Waals surface area contributed by atoms with E-state index < -0.39 is 0 Å². The summed E-state index contributed by atoms with van der Waals surface area (Å²) in [4.78, 5) is 1.50. The molecule has 5 heteroatoms. The Labute approximate surface area is 143 Å². The SMILES string of the molecule is Fc1ccc(NC2CCCc3sc(I)cc32)c(I)c1. The molecule has 0 saturated carbocycles. The summed E-state index contributed by atoms with van der Waals surface area (Å²) >= 11 is 6.47. The predicted molar refractivity (Wildman–Crippen MR) is 95.5 cm³/mol. The Balaban J connectivity index is 1.88. The van der Waals surface area contributed by atoms with Crippen LogP contribution < -0.4 is 5.32 Å². The highest BCUT2D eigenvalue weighted by atomic mass is 127. The normalized spacial score (nSPS) is 18.2. The van der Waals surface area contributed by atoms with E-state index in [1.54, 1.807) is 6.07 Å². The average Bonchev–Trinajstić information content (AvgIpc) is 2.74. The van der Waals surface area contributed by atoms with Gasteiger partial charge in [-0.25, -0.2) is 4.39 Å². The Morgan fingerprint density at radius 3 is 2.89 bits per heavy atom. The van der Waals surface area contributed by atoms with E-state index in [9.17, 15) is 4.39 Å². The van der Waals surface area contributed by atoms with Crippen molar-refractivity contribution >= 4 is 62.2 Å². The van der Waals surface area contributed by atoms with Gasteiger partial charge in [-0.1, -0.05) is 0 Å². The number of nitrogens with one attached hydrogen (secondary N) is 1. The lowest BCUT2D eigenvalue weighted by molar-refractivity contribution is 0.606. The number of anilines is 1. The molecule has 0 fully saturated rings. The van der Waals surface area contributed by atoms with Gasteiger partial charge < -0.3 is 5.32 Å². The Morgan fingerprint density at radius 1 is 1.26 bits per heavy atom. The van der Waals surface area contributed by atoms with Crippen LogP contribution in [-0.2, 0) is 6.42 Å². The van der Waals surface area contributed by atoms with Crippen molar-refractivity contribution in [1.29, 1.82) is 0 Å². The van der Waals surface area contributed by atoms with E-state index in [1.807, 2.05) is 17.4 Å². The van der Waals surface area contributed by atoms with Gasteiger partial charge in [0.15, 0.2) is 0 Å². The Bertz CT molecular complexity index is 611. The molecule has 0 aliphatic heterocycles. The van der Waals surface area contributed by atoms with E-state index in [2.05, 4.69) is 56.6 Å². The molecule has 1 atom stereocenters. The fourth-order valence-electron chi connectivity index (χ4n) is 2.47. The predicted octanol–water partition coefficient (Wildman–Crippen LogP) is 5.59. The van der Waals surface area contributed by atoms with Gasteiger partial charge in [-0.05, 0) is 94.3 Å². The Morgan fingerprint density at radius 2 is 2.11 bits per heavy atom. The van der Waals surface area contributed by atoms with Crippen LogP contribution in [0.1, 0.15) is 29.3 Å². The maximum absolute atomic E-state index is 13.1. The van der Waals surface area contributed by atoms with E-state index in [4.69, 9.17) is 0 Å². The minimum atomic E-state index is -0.177. The van der Waals surface area contributed by atoms with Gasteiger partial charge in [0, 0.05) is 14.1 Å². The highest BCUT2D eigenvalue weighted by Crippen LogP contribution is 2.38. The van der Waals surface area contributed by atoms with Crippen molar-refractivity contribution in [2.75, 3.05) is 5.32 Å². The number of rotatable bonds is 2. The van der Waals surface area contributed by atoms with E-state index in [-0.39, 0.29) is 5.82 Å². The highest BCUT2D eigenvalue weighted by molar-refractivity contribution is 14.1. The summed E-state index contributed by atoms with van der Waals surface area (Å²) in [6.07, 6.45) is 3.56.